The van der Waals surface area contributed by atoms with Gasteiger partial charge in [-0.05, 0) is 154 Å². The normalized spacial score (nSPS) is 9.79. The fourth-order valence-corrected chi connectivity index (χ4v) is 10.5. The van der Waals surface area contributed by atoms with E-state index in [0.29, 0.717) is 50.7 Å². The maximum absolute atomic E-state index is 14.2. The molecule has 109 heavy (non-hydrogen) atoms. The first-order valence-corrected chi connectivity index (χ1v) is 32.1. The standard InChI is InChI=1S/C25H14FN3.C24H13FN4.3C13H6FN3/c1-28-24-15-19(12-21(16-27)25(24)26)20-13-22(17-8-4-2-5-9-17)29-23(14-20)18-10-6-3-7-11-18;1-27-22-13-18(12-19(15-26)23(22)25)21-14-20(16-8-4-2-5-9-16)28-24(29-21)17-10-6-3-7-11-17;1-16-12-7-10(6-11(8-15)13(12)14)9-2-4-17-5-3-9;1-16-12-6-10(5-11(7-15)13(12)14)9-3-2-4-17-8-9;1-16-12-7-9(6-10(8-15)13(12)14)11-4-2-3-5-17-11/h2-15H;2-14H;2-7H;2-6,8H;2-7H. The van der Waals surface area contributed by atoms with Gasteiger partial charge in [-0.1, -0.05) is 133 Å². The first-order valence-electron chi connectivity index (χ1n) is 32.1. The Bertz CT molecular complexity index is 5390. The number of hydrogen-bond acceptors (Lipinski definition) is 11. The van der Waals surface area contributed by atoms with Crippen molar-refractivity contribution < 1.29 is 22.0 Å². The summed E-state index contributed by atoms with van der Waals surface area (Å²) in [5, 5.41) is 44.9. The molecule has 21 heteroatoms. The number of aromatic nitrogens is 6. The second kappa shape index (κ2) is 36.2. The largest absolute Gasteiger partial charge is 0.265 e. The minimum Gasteiger partial charge on any atom is -0.265 e. The highest BCUT2D eigenvalue weighted by Crippen LogP contribution is 2.37. The van der Waals surface area contributed by atoms with Crippen LogP contribution in [0.5, 0.6) is 0 Å². The van der Waals surface area contributed by atoms with Crippen molar-refractivity contribution in [3.8, 4) is 131 Å². The molecule has 5 heterocycles. The summed E-state index contributed by atoms with van der Waals surface area (Å²) in [5.41, 5.74) is 10.6. The fourth-order valence-electron chi connectivity index (χ4n) is 10.5. The van der Waals surface area contributed by atoms with E-state index in [2.05, 4.69) is 44.2 Å². The predicted octanol–water partition coefficient (Wildman–Crippen LogP) is 22.6. The molecule has 0 unspecified atom stereocenters. The second-order valence-corrected chi connectivity index (χ2v) is 22.6. The highest BCUT2D eigenvalue weighted by molar-refractivity contribution is 5.81. The first kappa shape index (κ1) is 74.9. The molecule has 512 valence electrons. The van der Waals surface area contributed by atoms with Gasteiger partial charge in [-0.15, -0.1) is 0 Å². The van der Waals surface area contributed by atoms with Crippen molar-refractivity contribution >= 4 is 28.4 Å². The van der Waals surface area contributed by atoms with Gasteiger partial charge in [-0.25, -0.2) is 61.1 Å². The quantitative estimate of drug-likeness (QED) is 0.0977. The maximum Gasteiger partial charge on any atom is 0.224 e. The molecule has 16 nitrogen and oxygen atoms in total. The molecule has 0 bridgehead atoms. The van der Waals surface area contributed by atoms with Crippen LogP contribution >= 0.6 is 0 Å². The molecule has 0 atom stereocenters. The monoisotopic (exact) mass is 1420 g/mol. The average Bonchev–Trinajstić information content (AvgIpc) is 0.802. The summed E-state index contributed by atoms with van der Waals surface area (Å²) in [5.74, 6) is -3.40. The molecular formula is C88H45F5N16. The van der Waals surface area contributed by atoms with E-state index in [-0.39, 0.29) is 56.3 Å². The summed E-state index contributed by atoms with van der Waals surface area (Å²) in [7, 11) is 0. The minimum absolute atomic E-state index is 0.120. The van der Waals surface area contributed by atoms with Crippen molar-refractivity contribution in [2.24, 2.45) is 0 Å². The highest BCUT2D eigenvalue weighted by Gasteiger charge is 2.19. The fraction of sp³-hybridized carbons (Fsp3) is 0. The van der Waals surface area contributed by atoms with Gasteiger partial charge in [0.15, 0.2) is 5.82 Å². The molecule has 0 saturated carbocycles. The van der Waals surface area contributed by atoms with Crippen molar-refractivity contribution in [2.45, 2.75) is 0 Å². The summed E-state index contributed by atoms with van der Waals surface area (Å²) in [6, 6.07) is 79.6. The summed E-state index contributed by atoms with van der Waals surface area (Å²) in [6.45, 7) is 35.1. The van der Waals surface area contributed by atoms with Gasteiger partial charge in [0.25, 0.3) is 0 Å². The highest BCUT2D eigenvalue weighted by atomic mass is 19.1. The Hall–Kier alpha value is -16.8. The minimum atomic E-state index is -0.813. The van der Waals surface area contributed by atoms with Gasteiger partial charge in [0.1, 0.15) is 59.4 Å². The molecule has 0 spiro atoms. The topological polar surface area (TPSA) is 218 Å². The first-order chi connectivity index (χ1) is 53.2. The maximum atomic E-state index is 14.2. The van der Waals surface area contributed by atoms with Gasteiger partial charge in [-0.2, -0.15) is 26.3 Å². The van der Waals surface area contributed by atoms with Crippen LogP contribution in [0.3, 0.4) is 0 Å². The Morgan fingerprint density at radius 3 is 0.917 bits per heavy atom. The molecule has 9 aromatic carbocycles. The number of nitrogens with zero attached hydrogens (tertiary/aromatic N) is 16. The van der Waals surface area contributed by atoms with Crippen LogP contribution in [0.15, 0.2) is 274 Å². The number of nitriles is 5. The average molecular weight is 1420 g/mol. The van der Waals surface area contributed by atoms with E-state index in [1.807, 2.05) is 146 Å². The number of pyridine rings is 4. The lowest BCUT2D eigenvalue weighted by Gasteiger charge is -2.11. The van der Waals surface area contributed by atoms with Crippen molar-refractivity contribution in [1.29, 1.82) is 26.3 Å². The van der Waals surface area contributed by atoms with Crippen LogP contribution in [-0.2, 0) is 0 Å². The summed E-state index contributed by atoms with van der Waals surface area (Å²) >= 11 is 0. The zero-order valence-corrected chi connectivity index (χ0v) is 56.5. The van der Waals surface area contributed by atoms with Crippen LogP contribution in [0.2, 0.25) is 0 Å². The zero-order valence-electron chi connectivity index (χ0n) is 56.5. The zero-order chi connectivity index (χ0) is 77.2. The van der Waals surface area contributed by atoms with Crippen LogP contribution in [0.25, 0.3) is 125 Å². The predicted molar refractivity (Wildman–Crippen MR) is 403 cm³/mol. The van der Waals surface area contributed by atoms with Crippen LogP contribution in [0.1, 0.15) is 27.8 Å². The van der Waals surface area contributed by atoms with Gasteiger partial charge >= 0.3 is 0 Å². The van der Waals surface area contributed by atoms with Crippen molar-refractivity contribution in [3.63, 3.8) is 0 Å². The third-order valence-corrected chi connectivity index (χ3v) is 15.9. The van der Waals surface area contributed by atoms with Crippen LogP contribution < -0.4 is 0 Å². The van der Waals surface area contributed by atoms with Crippen molar-refractivity contribution in [3.05, 3.63) is 388 Å². The lowest BCUT2D eigenvalue weighted by atomic mass is 9.98. The summed E-state index contributed by atoms with van der Waals surface area (Å²) in [6.07, 6.45) is 8.02. The molecular weight excluding hydrogens is 1380 g/mol. The lowest BCUT2D eigenvalue weighted by molar-refractivity contribution is 0.629. The molecule has 0 radical (unpaired) electrons. The third kappa shape index (κ3) is 18.3. The third-order valence-electron chi connectivity index (χ3n) is 15.9. The summed E-state index contributed by atoms with van der Waals surface area (Å²) in [4.78, 5) is 41.7. The van der Waals surface area contributed by atoms with Crippen LogP contribution in [-0.4, -0.2) is 29.9 Å². The van der Waals surface area contributed by atoms with E-state index >= 15 is 0 Å². The van der Waals surface area contributed by atoms with Gasteiger partial charge in [0.2, 0.25) is 28.4 Å². The molecule has 0 aliphatic rings. The Kier molecular flexibility index (Phi) is 24.9. The van der Waals surface area contributed by atoms with Gasteiger partial charge in [-0.3, -0.25) is 15.0 Å². The number of rotatable bonds is 9. The van der Waals surface area contributed by atoms with E-state index < -0.39 is 29.1 Å². The Labute approximate surface area is 622 Å². The van der Waals surface area contributed by atoms with Gasteiger partial charge in [0, 0.05) is 53.2 Å². The molecule has 0 fully saturated rings. The molecule has 0 aliphatic heterocycles. The second-order valence-electron chi connectivity index (χ2n) is 22.6. The Balaban J connectivity index is 0.000000149. The molecule has 5 aromatic heterocycles. The number of halogens is 5. The number of hydrogen-bond donors (Lipinski definition) is 0. The smallest absolute Gasteiger partial charge is 0.224 e. The van der Waals surface area contributed by atoms with E-state index in [0.717, 1.165) is 50.3 Å². The molecule has 0 N–H and O–H groups in total. The Morgan fingerprint density at radius 1 is 0.248 bits per heavy atom. The van der Waals surface area contributed by atoms with E-state index in [1.165, 1.54) is 60.7 Å². The van der Waals surface area contributed by atoms with Gasteiger partial charge < -0.3 is 0 Å². The van der Waals surface area contributed by atoms with E-state index in [9.17, 15) is 32.5 Å². The van der Waals surface area contributed by atoms with E-state index in [4.69, 9.17) is 58.6 Å². The van der Waals surface area contributed by atoms with Gasteiger partial charge in [0.05, 0.1) is 89.1 Å². The molecule has 14 aromatic rings. The molecule has 0 aliphatic carbocycles. The SMILES string of the molecule is [C-]#[N+]c1cc(-c2cc(-c3ccccc3)nc(-c3ccccc3)c2)cc(C#N)c1F.[C-]#[N+]c1cc(-c2cc(-c3ccccc3)nc(-c3ccccc3)n2)cc(C#N)c1F.[C-]#[N+]c1cc(-c2ccccn2)cc(C#N)c1F.[C-]#[N+]c1cc(-c2cccnc2)cc(C#N)c1F.[C-]#[N+]c1cc(-c2ccncc2)cc(C#N)c1F. The summed E-state index contributed by atoms with van der Waals surface area (Å²) < 4.78 is 68.9. The van der Waals surface area contributed by atoms with Crippen LogP contribution in [0, 0.1) is 119 Å². The molecule has 14 rings (SSSR count). The molecule has 0 saturated heterocycles. The van der Waals surface area contributed by atoms with E-state index in [1.54, 1.807) is 97.7 Å². The Morgan fingerprint density at radius 2 is 0.560 bits per heavy atom. The molecule has 0 amide bonds. The van der Waals surface area contributed by atoms with Crippen molar-refractivity contribution in [2.75, 3.05) is 0 Å². The number of benzene rings is 9. The van der Waals surface area contributed by atoms with Crippen LogP contribution in [0.4, 0.5) is 50.4 Å². The van der Waals surface area contributed by atoms with Crippen molar-refractivity contribution in [1.82, 2.24) is 29.9 Å². The lowest BCUT2D eigenvalue weighted by Crippen LogP contribution is -1.96.